The molecule has 2 rings (SSSR count). The number of rotatable bonds is 5. The first-order chi connectivity index (χ1) is 11.6. The van der Waals surface area contributed by atoms with Crippen LogP contribution in [0.2, 0.25) is 0 Å². The van der Waals surface area contributed by atoms with Gasteiger partial charge in [-0.1, -0.05) is 36.9 Å². The first kappa shape index (κ1) is 17.5. The minimum atomic E-state index is -0.383. The molecular formula is C17H21N3O4. The Balaban J connectivity index is 1.71. The van der Waals surface area contributed by atoms with Gasteiger partial charge in [0.05, 0.1) is 6.54 Å². The third kappa shape index (κ3) is 5.12. The van der Waals surface area contributed by atoms with E-state index in [0.717, 1.165) is 11.6 Å². The first-order valence-corrected chi connectivity index (χ1v) is 7.74. The van der Waals surface area contributed by atoms with E-state index in [2.05, 4.69) is 11.9 Å². The molecule has 1 aromatic rings. The van der Waals surface area contributed by atoms with E-state index in [1.807, 2.05) is 30.3 Å². The lowest BCUT2D eigenvalue weighted by atomic mass is 10.2. The average Bonchev–Trinajstić information content (AvgIpc) is 2.64. The Bertz CT molecular complexity index is 595. The van der Waals surface area contributed by atoms with Crippen LogP contribution in [0.3, 0.4) is 0 Å². The van der Waals surface area contributed by atoms with Gasteiger partial charge in [-0.15, -0.1) is 0 Å². The van der Waals surface area contributed by atoms with Crippen LogP contribution in [-0.2, 0) is 20.9 Å². The van der Waals surface area contributed by atoms with Crippen molar-refractivity contribution >= 4 is 17.9 Å². The molecule has 0 saturated carbocycles. The Hall–Kier alpha value is -2.83. The van der Waals surface area contributed by atoms with Crippen molar-refractivity contribution in [3.63, 3.8) is 0 Å². The van der Waals surface area contributed by atoms with Crippen LogP contribution >= 0.6 is 0 Å². The number of benzene rings is 1. The molecule has 1 aliphatic rings. The second kappa shape index (κ2) is 8.71. The lowest BCUT2D eigenvalue weighted by Crippen LogP contribution is -2.52. The minimum Gasteiger partial charge on any atom is -0.445 e. The standard InChI is InChI=1S/C17H21N3O4/c1-2-15(21)18-12-16(22)19-8-10-20(11-9-19)17(23)24-13-14-6-4-3-5-7-14/h2-7H,1,8-13H2,(H,18,21). The maximum atomic E-state index is 12.0. The minimum absolute atomic E-state index is 0.0662. The molecule has 3 amide bonds. The van der Waals surface area contributed by atoms with Gasteiger partial charge in [-0.25, -0.2) is 4.79 Å². The fourth-order valence-corrected chi connectivity index (χ4v) is 2.30. The van der Waals surface area contributed by atoms with Gasteiger partial charge < -0.3 is 19.9 Å². The van der Waals surface area contributed by atoms with Gasteiger partial charge in [0.2, 0.25) is 11.8 Å². The van der Waals surface area contributed by atoms with Crippen LogP contribution in [-0.4, -0.2) is 60.4 Å². The highest BCUT2D eigenvalue weighted by molar-refractivity contribution is 5.90. The van der Waals surface area contributed by atoms with Crippen molar-refractivity contribution in [1.82, 2.24) is 15.1 Å². The molecule has 7 heteroatoms. The molecule has 0 radical (unpaired) electrons. The predicted molar refractivity (Wildman–Crippen MR) is 88.0 cm³/mol. The van der Waals surface area contributed by atoms with Crippen molar-refractivity contribution in [1.29, 1.82) is 0 Å². The van der Waals surface area contributed by atoms with E-state index in [0.29, 0.717) is 26.2 Å². The number of amides is 3. The summed E-state index contributed by atoms with van der Waals surface area (Å²) >= 11 is 0. The van der Waals surface area contributed by atoms with E-state index in [4.69, 9.17) is 4.74 Å². The van der Waals surface area contributed by atoms with Gasteiger partial charge in [0, 0.05) is 26.2 Å². The van der Waals surface area contributed by atoms with Crippen LogP contribution in [0.25, 0.3) is 0 Å². The number of hydrogen-bond acceptors (Lipinski definition) is 4. The summed E-state index contributed by atoms with van der Waals surface area (Å²) in [5.74, 6) is -0.561. The van der Waals surface area contributed by atoms with Crippen molar-refractivity contribution in [2.24, 2.45) is 0 Å². The van der Waals surface area contributed by atoms with Crippen LogP contribution in [0.1, 0.15) is 5.56 Å². The molecule has 1 heterocycles. The molecule has 0 atom stereocenters. The van der Waals surface area contributed by atoms with Gasteiger partial charge in [0.1, 0.15) is 6.61 Å². The third-order valence-corrected chi connectivity index (χ3v) is 3.69. The van der Waals surface area contributed by atoms with E-state index in [1.165, 1.54) is 0 Å². The summed E-state index contributed by atoms with van der Waals surface area (Å²) in [4.78, 5) is 38.2. The Morgan fingerprint density at radius 2 is 1.71 bits per heavy atom. The number of piperazine rings is 1. The van der Waals surface area contributed by atoms with Crippen LogP contribution < -0.4 is 5.32 Å². The molecule has 128 valence electrons. The van der Waals surface area contributed by atoms with E-state index < -0.39 is 0 Å². The molecule has 1 aromatic carbocycles. The van der Waals surface area contributed by atoms with Gasteiger partial charge in [-0.2, -0.15) is 0 Å². The monoisotopic (exact) mass is 331 g/mol. The first-order valence-electron chi connectivity index (χ1n) is 7.74. The van der Waals surface area contributed by atoms with Crippen molar-refractivity contribution in [3.8, 4) is 0 Å². The Kier molecular flexibility index (Phi) is 6.36. The van der Waals surface area contributed by atoms with Crippen LogP contribution in [0.4, 0.5) is 4.79 Å². The maximum absolute atomic E-state index is 12.0. The largest absolute Gasteiger partial charge is 0.445 e. The molecule has 0 aromatic heterocycles. The summed E-state index contributed by atoms with van der Waals surface area (Å²) < 4.78 is 5.27. The molecule has 7 nitrogen and oxygen atoms in total. The summed E-state index contributed by atoms with van der Waals surface area (Å²) in [5, 5.41) is 2.45. The zero-order valence-corrected chi connectivity index (χ0v) is 13.4. The van der Waals surface area contributed by atoms with Crippen LogP contribution in [0.15, 0.2) is 43.0 Å². The molecule has 0 bridgehead atoms. The summed E-state index contributed by atoms with van der Waals surface area (Å²) in [6, 6.07) is 9.46. The normalized spacial score (nSPS) is 14.0. The highest BCUT2D eigenvalue weighted by atomic mass is 16.6. The number of nitrogens with one attached hydrogen (secondary N) is 1. The number of ether oxygens (including phenoxy) is 1. The number of nitrogens with zero attached hydrogens (tertiary/aromatic N) is 2. The van der Waals surface area contributed by atoms with Crippen LogP contribution in [0, 0.1) is 0 Å². The summed E-state index contributed by atoms with van der Waals surface area (Å²) in [5.41, 5.74) is 0.928. The fraction of sp³-hybridized carbons (Fsp3) is 0.353. The lowest BCUT2D eigenvalue weighted by Gasteiger charge is -2.34. The van der Waals surface area contributed by atoms with Crippen molar-refractivity contribution in [3.05, 3.63) is 48.6 Å². The van der Waals surface area contributed by atoms with Gasteiger partial charge in [0.15, 0.2) is 0 Å². The molecule has 1 saturated heterocycles. The smallest absolute Gasteiger partial charge is 0.410 e. The van der Waals surface area contributed by atoms with E-state index in [1.54, 1.807) is 9.80 Å². The third-order valence-electron chi connectivity index (χ3n) is 3.69. The second-order valence-corrected chi connectivity index (χ2v) is 5.33. The highest BCUT2D eigenvalue weighted by Gasteiger charge is 2.24. The Morgan fingerprint density at radius 3 is 2.33 bits per heavy atom. The zero-order chi connectivity index (χ0) is 17.4. The second-order valence-electron chi connectivity index (χ2n) is 5.33. The van der Waals surface area contributed by atoms with Gasteiger partial charge >= 0.3 is 6.09 Å². The highest BCUT2D eigenvalue weighted by Crippen LogP contribution is 2.07. The number of carbonyl (C=O) groups is 3. The van der Waals surface area contributed by atoms with Gasteiger partial charge in [0.25, 0.3) is 0 Å². The van der Waals surface area contributed by atoms with E-state index in [9.17, 15) is 14.4 Å². The van der Waals surface area contributed by atoms with Gasteiger partial charge in [-0.3, -0.25) is 9.59 Å². The van der Waals surface area contributed by atoms with E-state index in [-0.39, 0.29) is 31.1 Å². The van der Waals surface area contributed by atoms with E-state index >= 15 is 0 Å². The molecule has 1 fully saturated rings. The molecule has 0 spiro atoms. The van der Waals surface area contributed by atoms with Crippen LogP contribution in [0.5, 0.6) is 0 Å². The number of hydrogen-bond donors (Lipinski definition) is 1. The van der Waals surface area contributed by atoms with Crippen molar-refractivity contribution in [2.75, 3.05) is 32.7 Å². The summed E-state index contributed by atoms with van der Waals surface area (Å²) in [6.45, 7) is 5.15. The fourth-order valence-electron chi connectivity index (χ4n) is 2.30. The quantitative estimate of drug-likeness (QED) is 0.808. The molecule has 24 heavy (non-hydrogen) atoms. The van der Waals surface area contributed by atoms with Crippen molar-refractivity contribution < 1.29 is 19.1 Å². The summed E-state index contributed by atoms with van der Waals surface area (Å²) in [6.07, 6.45) is 0.736. The maximum Gasteiger partial charge on any atom is 0.410 e. The molecule has 1 aliphatic heterocycles. The zero-order valence-electron chi connectivity index (χ0n) is 13.4. The lowest BCUT2D eigenvalue weighted by molar-refractivity contribution is -0.133. The van der Waals surface area contributed by atoms with Crippen molar-refractivity contribution in [2.45, 2.75) is 6.61 Å². The molecule has 1 N–H and O–H groups in total. The number of carbonyl (C=O) groups excluding carboxylic acids is 3. The topological polar surface area (TPSA) is 79.0 Å². The molecular weight excluding hydrogens is 310 g/mol. The van der Waals surface area contributed by atoms with Gasteiger partial charge in [-0.05, 0) is 11.6 Å². The Morgan fingerprint density at radius 1 is 1.08 bits per heavy atom. The Labute approximate surface area is 140 Å². The molecule has 0 aliphatic carbocycles. The average molecular weight is 331 g/mol. The SMILES string of the molecule is C=CC(=O)NCC(=O)N1CCN(C(=O)OCc2ccccc2)CC1. The predicted octanol–water partition coefficient (Wildman–Crippen LogP) is 0.770. The summed E-state index contributed by atoms with van der Waals surface area (Å²) in [7, 11) is 0. The molecule has 0 unspecified atom stereocenters.